The summed E-state index contributed by atoms with van der Waals surface area (Å²) in [5.41, 5.74) is -1.85. The van der Waals surface area contributed by atoms with Crippen LogP contribution < -0.4 is 0 Å². The Morgan fingerprint density at radius 3 is 1.07 bits per heavy atom. The van der Waals surface area contributed by atoms with Crippen LogP contribution in [0, 0.1) is 0 Å². The van der Waals surface area contributed by atoms with Crippen LogP contribution in [0.2, 0.25) is 0 Å². The molecule has 4 nitrogen and oxygen atoms in total. The molecule has 0 aromatic rings. The van der Waals surface area contributed by atoms with E-state index in [-0.39, 0.29) is 0 Å². The normalized spacial score (nSPS) is 16.1. The van der Waals surface area contributed by atoms with E-state index < -0.39 is 23.1 Å². The van der Waals surface area contributed by atoms with Crippen molar-refractivity contribution in [2.45, 2.75) is 140 Å². The third kappa shape index (κ3) is 17.4. The molecule has 0 saturated heterocycles. The third-order valence-electron chi connectivity index (χ3n) is 5.12. The summed E-state index contributed by atoms with van der Waals surface area (Å²) < 4.78 is 0. The zero-order chi connectivity index (χ0) is 21.0. The van der Waals surface area contributed by atoms with E-state index in [0.29, 0.717) is 12.8 Å². The maximum absolute atomic E-state index is 10.0. The van der Waals surface area contributed by atoms with Gasteiger partial charge in [-0.3, -0.25) is 0 Å². The predicted octanol–water partition coefficient (Wildman–Crippen LogP) is 6.01. The predicted molar refractivity (Wildman–Crippen MR) is 124 cm³/mol. The van der Waals surface area contributed by atoms with Crippen LogP contribution in [0.1, 0.15) is 117 Å². The molecule has 0 aromatic heterocycles. The lowest BCUT2D eigenvalue weighted by Gasteiger charge is -2.21. The maximum atomic E-state index is 10.0. The summed E-state index contributed by atoms with van der Waals surface area (Å²) >= 11 is 0. The van der Waals surface area contributed by atoms with Gasteiger partial charge in [-0.1, -0.05) is 125 Å². The van der Waals surface area contributed by atoms with Gasteiger partial charge in [0.1, 0.15) is 10.9 Å². The van der Waals surface area contributed by atoms with Gasteiger partial charge in [0.05, 0.1) is 12.2 Å². The van der Waals surface area contributed by atoms with Crippen molar-refractivity contribution in [1.82, 2.24) is 0 Å². The molecule has 6 heteroatoms. The Hall–Kier alpha value is 0.540. The minimum atomic E-state index is -0.925. The minimum Gasteiger partial charge on any atom is -0.389 e. The van der Waals surface area contributed by atoms with Crippen LogP contribution in [0.4, 0.5) is 0 Å². The van der Waals surface area contributed by atoms with E-state index in [9.17, 15) is 20.4 Å². The second kappa shape index (κ2) is 20.8. The summed E-state index contributed by atoms with van der Waals surface area (Å²) in [5.74, 6) is 0. The van der Waals surface area contributed by atoms with E-state index in [2.05, 4.69) is 13.8 Å². The van der Waals surface area contributed by atoms with Crippen molar-refractivity contribution >= 4 is 21.6 Å². The first-order chi connectivity index (χ1) is 13.5. The van der Waals surface area contributed by atoms with Gasteiger partial charge in [0.2, 0.25) is 0 Å². The van der Waals surface area contributed by atoms with Gasteiger partial charge in [0.25, 0.3) is 0 Å². The molecule has 0 amide bonds. The van der Waals surface area contributed by atoms with E-state index in [0.717, 1.165) is 47.3 Å². The highest BCUT2D eigenvalue weighted by molar-refractivity contribution is 8.77. The fourth-order valence-corrected chi connectivity index (χ4v) is 5.36. The molecular formula is C22H46O4S2. The van der Waals surface area contributed by atoms with Crippen LogP contribution in [-0.4, -0.2) is 43.5 Å². The summed E-state index contributed by atoms with van der Waals surface area (Å²) in [7, 11) is 2.12. The topological polar surface area (TPSA) is 80.9 Å². The average Bonchev–Trinajstić information content (AvgIpc) is 2.69. The monoisotopic (exact) mass is 438 g/mol. The van der Waals surface area contributed by atoms with Gasteiger partial charge in [-0.2, -0.15) is 0 Å². The quantitative estimate of drug-likeness (QED) is 0.0998. The fourth-order valence-electron chi connectivity index (χ4n) is 3.15. The van der Waals surface area contributed by atoms with Crippen LogP contribution in [0.15, 0.2) is 0 Å². The van der Waals surface area contributed by atoms with Crippen molar-refractivity contribution in [2.75, 3.05) is 0 Å². The smallest absolute Gasteiger partial charge is 0.135 e. The Bertz CT molecular complexity index is 291. The van der Waals surface area contributed by atoms with Crippen LogP contribution in [0.5, 0.6) is 0 Å². The molecule has 0 radical (unpaired) electrons. The van der Waals surface area contributed by atoms with E-state index in [1.165, 1.54) is 64.2 Å². The SMILES string of the molecule is CCCCCCCCCC(O)C(O)SSC(O)C(O)CCCCCCCCC. The molecule has 0 saturated carbocycles. The molecule has 0 heterocycles. The molecule has 0 bridgehead atoms. The van der Waals surface area contributed by atoms with Crippen molar-refractivity contribution < 1.29 is 20.4 Å². The Balaban J connectivity index is 3.66. The van der Waals surface area contributed by atoms with Gasteiger partial charge in [-0.15, -0.1) is 0 Å². The lowest BCUT2D eigenvalue weighted by Crippen LogP contribution is -2.25. The highest BCUT2D eigenvalue weighted by Gasteiger charge is 2.22. The highest BCUT2D eigenvalue weighted by atomic mass is 33.1. The molecule has 0 aliphatic heterocycles. The molecule has 0 aromatic carbocycles. The molecule has 28 heavy (non-hydrogen) atoms. The number of unbranched alkanes of at least 4 members (excludes halogenated alkanes) is 12. The van der Waals surface area contributed by atoms with Crippen molar-refractivity contribution in [3.63, 3.8) is 0 Å². The third-order valence-corrected chi connectivity index (χ3v) is 7.77. The second-order valence-corrected chi connectivity index (χ2v) is 10.4. The van der Waals surface area contributed by atoms with Gasteiger partial charge >= 0.3 is 0 Å². The molecule has 0 spiro atoms. The molecule has 0 rings (SSSR count). The number of aliphatic hydroxyl groups excluding tert-OH is 4. The first-order valence-electron chi connectivity index (χ1n) is 11.6. The van der Waals surface area contributed by atoms with Crippen molar-refractivity contribution in [2.24, 2.45) is 0 Å². The zero-order valence-electron chi connectivity index (χ0n) is 18.2. The minimum absolute atomic E-state index is 0.583. The van der Waals surface area contributed by atoms with E-state index in [1.54, 1.807) is 0 Å². The Morgan fingerprint density at radius 2 is 0.750 bits per heavy atom. The van der Waals surface area contributed by atoms with Crippen LogP contribution >= 0.6 is 21.6 Å². The lowest BCUT2D eigenvalue weighted by atomic mass is 10.1. The zero-order valence-corrected chi connectivity index (χ0v) is 19.9. The Labute approximate surface area is 181 Å². The largest absolute Gasteiger partial charge is 0.389 e. The summed E-state index contributed by atoms with van der Waals surface area (Å²) in [4.78, 5) is 0. The molecule has 0 aliphatic rings. The van der Waals surface area contributed by atoms with Crippen molar-refractivity contribution in [3.8, 4) is 0 Å². The first kappa shape index (κ1) is 28.5. The molecule has 4 atom stereocenters. The van der Waals surface area contributed by atoms with Gasteiger partial charge in [-0.05, 0) is 12.8 Å². The Morgan fingerprint density at radius 1 is 0.464 bits per heavy atom. The summed E-state index contributed by atoms with van der Waals surface area (Å²) in [6.45, 7) is 4.41. The standard InChI is InChI=1S/C22H46O4S2/c1-3-5-7-9-11-13-15-17-19(23)21(25)27-28-22(26)20(24)18-16-14-12-10-8-6-4-2/h19-26H,3-18H2,1-2H3. The second-order valence-electron chi connectivity index (χ2n) is 7.93. The summed E-state index contributed by atoms with van der Waals surface area (Å²) in [5, 5.41) is 40.2. The summed E-state index contributed by atoms with van der Waals surface area (Å²) in [6, 6.07) is 0. The van der Waals surface area contributed by atoms with E-state index >= 15 is 0 Å². The first-order valence-corrected chi connectivity index (χ1v) is 13.8. The van der Waals surface area contributed by atoms with Gasteiger partial charge in [-0.25, -0.2) is 0 Å². The Kier molecular flexibility index (Phi) is 21.2. The lowest BCUT2D eigenvalue weighted by molar-refractivity contribution is 0.0634. The number of hydrogen-bond acceptors (Lipinski definition) is 6. The van der Waals surface area contributed by atoms with Crippen LogP contribution in [0.25, 0.3) is 0 Å². The fraction of sp³-hybridized carbons (Fsp3) is 1.00. The van der Waals surface area contributed by atoms with E-state index in [4.69, 9.17) is 0 Å². The molecule has 0 aliphatic carbocycles. The van der Waals surface area contributed by atoms with Crippen LogP contribution in [0.3, 0.4) is 0 Å². The van der Waals surface area contributed by atoms with E-state index in [1.807, 2.05) is 0 Å². The average molecular weight is 439 g/mol. The number of aliphatic hydroxyl groups is 4. The molecular weight excluding hydrogens is 392 g/mol. The molecule has 170 valence electrons. The van der Waals surface area contributed by atoms with Crippen LogP contribution in [-0.2, 0) is 0 Å². The van der Waals surface area contributed by atoms with Crippen molar-refractivity contribution in [1.29, 1.82) is 0 Å². The molecule has 0 fully saturated rings. The maximum Gasteiger partial charge on any atom is 0.135 e. The van der Waals surface area contributed by atoms with Gasteiger partial charge < -0.3 is 20.4 Å². The van der Waals surface area contributed by atoms with Gasteiger partial charge in [0.15, 0.2) is 0 Å². The molecule has 4 unspecified atom stereocenters. The van der Waals surface area contributed by atoms with Crippen molar-refractivity contribution in [3.05, 3.63) is 0 Å². The van der Waals surface area contributed by atoms with Gasteiger partial charge in [0, 0.05) is 0 Å². The highest BCUT2D eigenvalue weighted by Crippen LogP contribution is 2.33. The number of rotatable bonds is 21. The summed E-state index contributed by atoms with van der Waals surface area (Å²) in [6.07, 6.45) is 16.2. The number of hydrogen-bond donors (Lipinski definition) is 4. The molecule has 4 N–H and O–H groups in total.